The van der Waals surface area contributed by atoms with Crippen LogP contribution in [0.4, 0.5) is 36.5 Å². The quantitative estimate of drug-likeness (QED) is 0.155. The van der Waals surface area contributed by atoms with Crippen LogP contribution in [0, 0.1) is 12.3 Å². The number of pyridine rings is 1. The van der Waals surface area contributed by atoms with Crippen molar-refractivity contribution in [3.05, 3.63) is 112 Å². The first-order valence-electron chi connectivity index (χ1n) is 22.3. The van der Waals surface area contributed by atoms with Gasteiger partial charge in [0.25, 0.3) is 17.7 Å². The van der Waals surface area contributed by atoms with Crippen LogP contribution in [-0.2, 0) is 24.3 Å². The third-order valence-electron chi connectivity index (χ3n) is 14.0. The van der Waals surface area contributed by atoms with Gasteiger partial charge in [-0.1, -0.05) is 29.8 Å². The standard InChI is InChI=1S/C47H46ClF2N13O4/c1-27-18-29(19-36(40(27)48)62-15-10-39(64)56-45(62)67)44(66)60-16-11-46(47(49,50)26-60)24-58(25-46)23-28-6-7-32(53-21-28)30-4-3-5-35-31(30)8-14-61(35)38-20-34(51-2)42-54-22-37(63(42)57-38)43(65)55-33-9-13-59-17-12-52-41(33)59/h3-7,12,17-22,33,51H,8-11,13-16,23-26H2,1-2H3,(H,55,65)(H,56,64,67). The van der Waals surface area contributed by atoms with Gasteiger partial charge in [0.2, 0.25) is 5.91 Å². The van der Waals surface area contributed by atoms with Gasteiger partial charge in [0.15, 0.2) is 17.2 Å². The van der Waals surface area contributed by atoms with Gasteiger partial charge < -0.3 is 25.0 Å². The molecule has 17 nitrogen and oxygen atoms in total. The summed E-state index contributed by atoms with van der Waals surface area (Å²) in [5.74, 6) is -2.90. The van der Waals surface area contributed by atoms with E-state index in [9.17, 15) is 19.2 Å². The van der Waals surface area contributed by atoms with Crippen LogP contribution in [0.15, 0.2) is 73.3 Å². The van der Waals surface area contributed by atoms with Gasteiger partial charge in [-0.3, -0.25) is 34.5 Å². The highest BCUT2D eigenvalue weighted by atomic mass is 35.5. The van der Waals surface area contributed by atoms with Crippen LogP contribution >= 0.6 is 11.6 Å². The van der Waals surface area contributed by atoms with E-state index in [-0.39, 0.29) is 67.2 Å². The third-order valence-corrected chi connectivity index (χ3v) is 14.5. The fraction of sp³-hybridized carbons (Fsp3) is 0.362. The largest absolute Gasteiger partial charge is 0.385 e. The maximum Gasteiger partial charge on any atom is 0.328 e. The molecule has 0 saturated carbocycles. The predicted molar refractivity (Wildman–Crippen MR) is 245 cm³/mol. The molecular weight excluding hydrogens is 884 g/mol. The lowest BCUT2D eigenvalue weighted by Crippen LogP contribution is -2.70. The maximum atomic E-state index is 16.1. The highest BCUT2D eigenvalue weighted by Gasteiger charge is 2.62. The number of carbonyl (C=O) groups excluding carboxylic acids is 4. The molecule has 3 N–H and O–H groups in total. The van der Waals surface area contributed by atoms with E-state index in [0.29, 0.717) is 35.8 Å². The van der Waals surface area contributed by atoms with E-state index < -0.39 is 35.7 Å². The Hall–Kier alpha value is -6.99. The molecule has 5 aliphatic rings. The summed E-state index contributed by atoms with van der Waals surface area (Å²) in [6, 6.07) is 14.1. The summed E-state index contributed by atoms with van der Waals surface area (Å²) in [5, 5.41) is 13.8. The second-order valence-corrected chi connectivity index (χ2v) is 18.5. The number of likely N-dealkylation sites (tertiary alicyclic amines) is 2. The molecular formula is C47H46ClF2N13O4. The number of aryl methyl sites for hydroxylation is 2. The average molecular weight is 930 g/mol. The van der Waals surface area contributed by atoms with Gasteiger partial charge in [-0.2, -0.15) is 0 Å². The van der Waals surface area contributed by atoms with Crippen LogP contribution in [-0.4, -0.2) is 115 Å². The number of carbonyl (C=O) groups is 4. The number of piperidine rings is 1. The van der Waals surface area contributed by atoms with Gasteiger partial charge in [0.05, 0.1) is 46.3 Å². The van der Waals surface area contributed by atoms with E-state index in [0.717, 1.165) is 59.0 Å². The number of aromatic nitrogens is 6. The zero-order chi connectivity index (χ0) is 46.4. The number of imide groups is 1. The number of imidazole rings is 2. The monoisotopic (exact) mass is 929 g/mol. The second-order valence-electron chi connectivity index (χ2n) is 18.1. The van der Waals surface area contributed by atoms with E-state index in [1.165, 1.54) is 15.9 Å². The third kappa shape index (κ3) is 7.22. The SMILES string of the molecule is CNc1cc(N2CCc3c(-c4ccc(CN5CC6(CCN(C(=O)c7cc(C)c(Cl)c(N8CCC(=O)NC8=O)c7)CC6(F)F)C5)cn4)cccc32)nn2c(C(=O)NC3CCn4ccnc43)cnc12. The van der Waals surface area contributed by atoms with Crippen LogP contribution in [0.2, 0.25) is 5.02 Å². The Bertz CT molecular complexity index is 3020. The first kappa shape index (κ1) is 42.6. The number of hydrogen-bond acceptors (Lipinski definition) is 11. The van der Waals surface area contributed by atoms with Gasteiger partial charge >= 0.3 is 6.03 Å². The number of nitrogens with one attached hydrogen (secondary N) is 3. The normalized spacial score (nSPS) is 19.7. The van der Waals surface area contributed by atoms with Crippen LogP contribution in [0.5, 0.6) is 0 Å². The van der Waals surface area contributed by atoms with Crippen LogP contribution in [0.25, 0.3) is 16.9 Å². The van der Waals surface area contributed by atoms with E-state index >= 15 is 8.78 Å². The number of urea groups is 1. The second kappa shape index (κ2) is 16.1. The Balaban J connectivity index is 0.746. The minimum Gasteiger partial charge on any atom is -0.385 e. The molecule has 1 atom stereocenters. The van der Waals surface area contributed by atoms with Crippen molar-refractivity contribution in [2.45, 2.75) is 57.7 Å². The summed E-state index contributed by atoms with van der Waals surface area (Å²) in [6.07, 6.45) is 8.71. The number of nitrogens with zero attached hydrogens (tertiary/aromatic N) is 10. The first-order chi connectivity index (χ1) is 32.3. The topological polar surface area (TPSA) is 178 Å². The molecule has 1 unspecified atom stereocenters. The molecule has 11 rings (SSSR count). The van der Waals surface area contributed by atoms with Crippen molar-refractivity contribution >= 4 is 63.9 Å². The smallest absolute Gasteiger partial charge is 0.328 e. The predicted octanol–water partition coefficient (Wildman–Crippen LogP) is 5.99. The molecule has 0 radical (unpaired) electrons. The van der Waals surface area contributed by atoms with Gasteiger partial charge in [-0.05, 0) is 67.1 Å². The lowest BCUT2D eigenvalue weighted by atomic mass is 9.69. The van der Waals surface area contributed by atoms with E-state index in [4.69, 9.17) is 21.7 Å². The number of alkyl halides is 2. The molecule has 20 heteroatoms. The molecule has 2 aromatic carbocycles. The first-order valence-corrected chi connectivity index (χ1v) is 22.7. The number of anilines is 4. The van der Waals surface area contributed by atoms with E-state index in [2.05, 4.69) is 36.9 Å². The fourth-order valence-corrected chi connectivity index (χ4v) is 10.6. The van der Waals surface area contributed by atoms with Crippen molar-refractivity contribution in [3.63, 3.8) is 0 Å². The fourth-order valence-electron chi connectivity index (χ4n) is 10.4. The minimum absolute atomic E-state index is 0.0683. The maximum absolute atomic E-state index is 16.1. The molecule has 4 aromatic heterocycles. The van der Waals surface area contributed by atoms with Crippen LogP contribution in [0.3, 0.4) is 0 Å². The molecule has 3 fully saturated rings. The van der Waals surface area contributed by atoms with Crippen LogP contribution < -0.4 is 25.8 Å². The van der Waals surface area contributed by atoms with Crippen molar-refractivity contribution in [2.75, 3.05) is 61.4 Å². The number of benzene rings is 2. The summed E-state index contributed by atoms with van der Waals surface area (Å²) in [4.78, 5) is 72.1. The van der Waals surface area contributed by atoms with Crippen molar-refractivity contribution in [2.24, 2.45) is 5.41 Å². The molecule has 5 aliphatic heterocycles. The van der Waals surface area contributed by atoms with Gasteiger partial charge in [-0.15, -0.1) is 5.10 Å². The van der Waals surface area contributed by atoms with Crippen molar-refractivity contribution in [1.29, 1.82) is 0 Å². The lowest BCUT2D eigenvalue weighted by Gasteiger charge is -2.57. The Kier molecular flexibility index (Phi) is 10.3. The van der Waals surface area contributed by atoms with Crippen LogP contribution in [0.1, 0.15) is 68.7 Å². The van der Waals surface area contributed by atoms with E-state index in [1.54, 1.807) is 36.1 Å². The highest BCUT2D eigenvalue weighted by Crippen LogP contribution is 2.51. The number of hydrogen-bond donors (Lipinski definition) is 3. The average Bonchev–Trinajstić information content (AvgIpc) is 4.12. The zero-order valence-electron chi connectivity index (χ0n) is 36.7. The number of halogens is 3. The van der Waals surface area contributed by atoms with Gasteiger partial charge in [0.1, 0.15) is 5.82 Å². The van der Waals surface area contributed by atoms with Crippen molar-refractivity contribution < 1.29 is 28.0 Å². The molecule has 67 heavy (non-hydrogen) atoms. The molecule has 1 spiro atoms. The molecule has 9 heterocycles. The lowest BCUT2D eigenvalue weighted by molar-refractivity contribution is -0.220. The van der Waals surface area contributed by atoms with E-state index in [1.807, 2.05) is 53.0 Å². The summed E-state index contributed by atoms with van der Waals surface area (Å²) in [5.41, 5.74) is 6.03. The zero-order valence-corrected chi connectivity index (χ0v) is 37.5. The summed E-state index contributed by atoms with van der Waals surface area (Å²) in [6.45, 7) is 3.48. The number of amides is 5. The Labute approximate surface area is 388 Å². The van der Waals surface area contributed by atoms with Gasteiger partial charge in [0, 0.05) is 101 Å². The number of rotatable bonds is 9. The summed E-state index contributed by atoms with van der Waals surface area (Å²) < 4.78 is 35.8. The molecule has 0 bridgehead atoms. The summed E-state index contributed by atoms with van der Waals surface area (Å²) in [7, 11) is 1.81. The number of fused-ring (bicyclic) bond motifs is 3. The molecule has 344 valence electrons. The molecule has 6 aromatic rings. The minimum atomic E-state index is -3.13. The Morgan fingerprint density at radius 2 is 1.78 bits per heavy atom. The Morgan fingerprint density at radius 3 is 2.55 bits per heavy atom. The molecule has 5 amide bonds. The van der Waals surface area contributed by atoms with Crippen molar-refractivity contribution in [3.8, 4) is 11.3 Å². The summed E-state index contributed by atoms with van der Waals surface area (Å²) >= 11 is 6.53. The highest BCUT2D eigenvalue weighted by molar-refractivity contribution is 6.35. The Morgan fingerprint density at radius 1 is 0.940 bits per heavy atom. The molecule has 0 aliphatic carbocycles. The van der Waals surface area contributed by atoms with Gasteiger partial charge in [-0.25, -0.2) is 28.1 Å². The molecule has 3 saturated heterocycles. The van der Waals surface area contributed by atoms with Crippen molar-refractivity contribution in [1.82, 2.24) is 49.6 Å².